The van der Waals surface area contributed by atoms with Gasteiger partial charge in [0.1, 0.15) is 36.1 Å². The monoisotopic (exact) mass is 498 g/mol. The van der Waals surface area contributed by atoms with Gasteiger partial charge < -0.3 is 30.3 Å². The normalized spacial score (nSPS) is 13.3. The number of hydrogen-bond acceptors (Lipinski definition) is 10. The van der Waals surface area contributed by atoms with Gasteiger partial charge in [0.05, 0.1) is 4.88 Å². The molecule has 3 heterocycles. The van der Waals surface area contributed by atoms with Crippen molar-refractivity contribution in [3.8, 4) is 11.5 Å². The van der Waals surface area contributed by atoms with Crippen LogP contribution in [0.3, 0.4) is 0 Å². The van der Waals surface area contributed by atoms with Crippen molar-refractivity contribution in [3.63, 3.8) is 0 Å². The minimum Gasteiger partial charge on any atom is -0.486 e. The van der Waals surface area contributed by atoms with Crippen LogP contribution in [-0.4, -0.2) is 72.5 Å². The molecular formula is C24H30N6O4S. The lowest BCUT2D eigenvalue weighted by Gasteiger charge is -2.19. The maximum atomic E-state index is 12.5. The number of rotatable bonds is 10. The van der Waals surface area contributed by atoms with Crippen LogP contribution >= 0.6 is 11.3 Å². The van der Waals surface area contributed by atoms with E-state index in [-0.39, 0.29) is 11.9 Å². The molecule has 0 saturated carbocycles. The average molecular weight is 499 g/mol. The first kappa shape index (κ1) is 24.7. The largest absolute Gasteiger partial charge is 0.486 e. The molecule has 1 amide bonds. The first-order valence-electron chi connectivity index (χ1n) is 11.7. The van der Waals surface area contributed by atoms with Crippen LogP contribution in [0.25, 0.3) is 10.2 Å². The highest BCUT2D eigenvalue weighted by atomic mass is 32.1. The van der Waals surface area contributed by atoms with Crippen molar-refractivity contribution in [3.05, 3.63) is 40.4 Å². The second kappa shape index (κ2) is 11.3. The van der Waals surface area contributed by atoms with E-state index in [1.54, 1.807) is 6.07 Å². The smallest absolute Gasteiger partial charge is 0.261 e. The van der Waals surface area contributed by atoms with Crippen molar-refractivity contribution >= 4 is 39.1 Å². The number of hydrogen-bond donors (Lipinski definition) is 2. The number of carbonyl (C=O) groups is 1. The van der Waals surface area contributed by atoms with Crippen molar-refractivity contribution in [1.29, 1.82) is 0 Å². The molecule has 0 fully saturated rings. The van der Waals surface area contributed by atoms with Gasteiger partial charge in [0.15, 0.2) is 11.5 Å². The number of anilines is 1. The molecule has 0 atom stereocenters. The lowest BCUT2D eigenvalue weighted by molar-refractivity contribution is 0.0960. The van der Waals surface area contributed by atoms with E-state index in [0.717, 1.165) is 25.2 Å². The van der Waals surface area contributed by atoms with E-state index in [4.69, 9.17) is 20.0 Å². The van der Waals surface area contributed by atoms with Gasteiger partial charge >= 0.3 is 0 Å². The van der Waals surface area contributed by atoms with E-state index < -0.39 is 0 Å². The Bertz CT molecular complexity index is 1220. The maximum absolute atomic E-state index is 12.5. The molecular weight excluding hydrogens is 468 g/mol. The lowest BCUT2D eigenvalue weighted by Crippen LogP contribution is -2.26. The summed E-state index contributed by atoms with van der Waals surface area (Å²) in [6, 6.07) is 7.33. The average Bonchev–Trinajstić information content (AvgIpc) is 3.30. The van der Waals surface area contributed by atoms with Crippen molar-refractivity contribution < 1.29 is 19.1 Å². The summed E-state index contributed by atoms with van der Waals surface area (Å²) in [5.74, 6) is 1.21. The number of aromatic nitrogens is 2. The molecule has 0 bridgehead atoms. The van der Waals surface area contributed by atoms with E-state index in [1.165, 1.54) is 11.3 Å². The fourth-order valence-electron chi connectivity index (χ4n) is 3.72. The predicted molar refractivity (Wildman–Crippen MR) is 137 cm³/mol. The summed E-state index contributed by atoms with van der Waals surface area (Å²) in [5.41, 5.74) is 7.75. The number of nitrogens with zero attached hydrogens (tertiary/aromatic N) is 4. The molecule has 0 radical (unpaired) electrons. The van der Waals surface area contributed by atoms with Gasteiger partial charge in [0.25, 0.3) is 5.91 Å². The highest BCUT2D eigenvalue weighted by molar-refractivity contribution is 7.20. The number of benzene rings is 1. The third-order valence-corrected chi connectivity index (χ3v) is 6.59. The van der Waals surface area contributed by atoms with Gasteiger partial charge in [0, 0.05) is 24.0 Å². The number of amides is 1. The van der Waals surface area contributed by atoms with Crippen LogP contribution in [0, 0.1) is 0 Å². The number of thiophene rings is 1. The Balaban J connectivity index is 1.77. The molecule has 0 saturated heterocycles. The summed E-state index contributed by atoms with van der Waals surface area (Å²) in [4.78, 5) is 30.5. The molecule has 3 aromatic rings. The zero-order chi connectivity index (χ0) is 24.8. The van der Waals surface area contributed by atoms with Gasteiger partial charge in [-0.15, -0.1) is 11.3 Å². The van der Waals surface area contributed by atoms with Crippen molar-refractivity contribution in [1.82, 2.24) is 20.2 Å². The van der Waals surface area contributed by atoms with Crippen molar-refractivity contribution in [2.45, 2.75) is 20.8 Å². The molecule has 1 aromatic carbocycles. The van der Waals surface area contributed by atoms with Gasteiger partial charge in [-0.25, -0.2) is 9.97 Å². The van der Waals surface area contributed by atoms with E-state index in [1.807, 2.05) is 25.1 Å². The Labute approximate surface area is 208 Å². The molecule has 1 aliphatic heterocycles. The molecule has 0 spiro atoms. The summed E-state index contributed by atoms with van der Waals surface area (Å²) in [7, 11) is 0. The molecule has 1 aliphatic rings. The van der Waals surface area contributed by atoms with Crippen molar-refractivity contribution in [2.24, 2.45) is 5.16 Å². The molecule has 3 N–H and O–H groups in total. The molecule has 0 unspecified atom stereocenters. The Morgan fingerprint density at radius 3 is 2.69 bits per heavy atom. The SMILES string of the molecule is CCNC(=O)c1cc2c(/C(=N\OCCN(CC)CC)c3ccc4c(c3)OCCO4)nc(N)nc2s1. The Morgan fingerprint density at radius 2 is 1.94 bits per heavy atom. The molecule has 2 aromatic heterocycles. The summed E-state index contributed by atoms with van der Waals surface area (Å²) in [5, 5.41) is 7.98. The predicted octanol–water partition coefficient (Wildman–Crippen LogP) is 2.91. The topological polar surface area (TPSA) is 124 Å². The maximum Gasteiger partial charge on any atom is 0.261 e. The number of nitrogens with one attached hydrogen (secondary N) is 1. The molecule has 4 rings (SSSR count). The number of oxime groups is 1. The molecule has 0 aliphatic carbocycles. The number of fused-ring (bicyclic) bond motifs is 2. The van der Waals surface area contributed by atoms with Gasteiger partial charge in [0.2, 0.25) is 5.95 Å². The van der Waals surface area contributed by atoms with Gasteiger partial charge in [-0.1, -0.05) is 19.0 Å². The number of ether oxygens (including phenoxy) is 2. The third-order valence-electron chi connectivity index (χ3n) is 5.56. The van der Waals surface area contributed by atoms with Crippen LogP contribution in [0.4, 0.5) is 5.95 Å². The van der Waals surface area contributed by atoms with Gasteiger partial charge in [-0.2, -0.15) is 0 Å². The van der Waals surface area contributed by atoms with E-state index in [9.17, 15) is 4.79 Å². The molecule has 35 heavy (non-hydrogen) atoms. The van der Waals surface area contributed by atoms with Crippen LogP contribution in [0.2, 0.25) is 0 Å². The van der Waals surface area contributed by atoms with Crippen LogP contribution in [0.15, 0.2) is 29.4 Å². The first-order valence-corrected chi connectivity index (χ1v) is 12.5. The zero-order valence-electron chi connectivity index (χ0n) is 20.2. The number of nitrogens with two attached hydrogens (primary N) is 1. The van der Waals surface area contributed by atoms with Crippen molar-refractivity contribution in [2.75, 3.05) is 51.7 Å². The molecule has 11 heteroatoms. The summed E-state index contributed by atoms with van der Waals surface area (Å²) < 4.78 is 11.4. The van der Waals surface area contributed by atoms with Gasteiger partial charge in [-0.05, 0) is 44.3 Å². The number of carbonyl (C=O) groups excluding carboxylic acids is 1. The van der Waals surface area contributed by atoms with E-state index in [2.05, 4.69) is 39.2 Å². The Hall–Kier alpha value is -3.44. The molecule has 186 valence electrons. The minimum absolute atomic E-state index is 0.0881. The summed E-state index contributed by atoms with van der Waals surface area (Å²) in [6.07, 6.45) is 0. The lowest BCUT2D eigenvalue weighted by atomic mass is 10.0. The first-order chi connectivity index (χ1) is 17.0. The fraction of sp³-hybridized carbons (Fsp3) is 0.417. The number of likely N-dealkylation sites (N-methyl/N-ethyl adjacent to an activating group) is 1. The summed E-state index contributed by atoms with van der Waals surface area (Å²) >= 11 is 1.26. The van der Waals surface area contributed by atoms with Crippen LogP contribution in [-0.2, 0) is 4.84 Å². The fourth-order valence-corrected chi connectivity index (χ4v) is 4.68. The van der Waals surface area contributed by atoms with E-state index >= 15 is 0 Å². The van der Waals surface area contributed by atoms with E-state index in [0.29, 0.717) is 64.4 Å². The quantitative estimate of drug-likeness (QED) is 0.248. The zero-order valence-corrected chi connectivity index (χ0v) is 21.0. The van der Waals surface area contributed by atoms with Gasteiger partial charge in [-0.3, -0.25) is 4.79 Å². The molecule has 10 nitrogen and oxygen atoms in total. The van der Waals surface area contributed by atoms with Crippen LogP contribution in [0.1, 0.15) is 41.7 Å². The van der Waals surface area contributed by atoms with Crippen LogP contribution in [0.5, 0.6) is 11.5 Å². The number of nitrogen functional groups attached to an aromatic ring is 1. The Kier molecular flexibility index (Phi) is 7.98. The standard InChI is InChI=1S/C24H30N6O4S/c1-4-26-22(31)19-14-16-21(27-24(25)28-23(16)35-19)20(29-34-10-9-30(5-2)6-3)15-7-8-17-18(13-15)33-12-11-32-17/h7-8,13-14H,4-6,9-12H2,1-3H3,(H,26,31)(H2,25,27,28)/b29-20-. The highest BCUT2D eigenvalue weighted by Gasteiger charge is 2.22. The van der Waals surface area contributed by atoms with Crippen LogP contribution < -0.4 is 20.5 Å². The minimum atomic E-state index is -0.173. The second-order valence-electron chi connectivity index (χ2n) is 7.78. The highest BCUT2D eigenvalue weighted by Crippen LogP contribution is 2.33. The Morgan fingerprint density at radius 1 is 1.17 bits per heavy atom. The second-order valence-corrected chi connectivity index (χ2v) is 8.81. The summed E-state index contributed by atoms with van der Waals surface area (Å²) in [6.45, 7) is 10.6. The third kappa shape index (κ3) is 5.63.